The van der Waals surface area contributed by atoms with Crippen LogP contribution >= 0.6 is 11.6 Å². The van der Waals surface area contributed by atoms with Gasteiger partial charge < -0.3 is 25.4 Å². The van der Waals surface area contributed by atoms with Crippen LogP contribution in [0, 0.1) is 5.41 Å². The lowest BCUT2D eigenvalue weighted by Crippen LogP contribution is -2.36. The molecule has 0 spiro atoms. The van der Waals surface area contributed by atoms with Gasteiger partial charge in [-0.1, -0.05) is 26.7 Å². The average Bonchev–Trinajstić information content (AvgIpc) is 3.22. The zero-order valence-electron chi connectivity index (χ0n) is 15.8. The summed E-state index contributed by atoms with van der Waals surface area (Å²) in [6, 6.07) is 0.317. The van der Waals surface area contributed by atoms with E-state index < -0.39 is 35.6 Å². The largest absolute Gasteiger partial charge is 0.394 e. The normalized spacial score (nSPS) is 36.8. The molecule has 28 heavy (non-hydrogen) atoms. The highest BCUT2D eigenvalue weighted by Crippen LogP contribution is 2.75. The Hall–Kier alpha value is -1.52. The number of rotatable bonds is 4. The van der Waals surface area contributed by atoms with Crippen molar-refractivity contribution >= 4 is 28.6 Å². The molecule has 0 bridgehead atoms. The summed E-state index contributed by atoms with van der Waals surface area (Å²) in [6.07, 6.45) is 4.11. The molecule has 1 saturated heterocycles. The van der Waals surface area contributed by atoms with Gasteiger partial charge in [0, 0.05) is 11.5 Å². The molecule has 2 aromatic rings. The van der Waals surface area contributed by atoms with E-state index >= 15 is 0 Å². The summed E-state index contributed by atoms with van der Waals surface area (Å²) in [5, 5.41) is 35.4. The second-order valence-electron chi connectivity index (χ2n) is 8.61. The van der Waals surface area contributed by atoms with Crippen LogP contribution in [-0.4, -0.2) is 64.8 Å². The van der Waals surface area contributed by atoms with Crippen LogP contribution in [0.3, 0.4) is 0 Å². The molecule has 2 aromatic heterocycles. The molecule has 5 rings (SSSR count). The zero-order valence-corrected chi connectivity index (χ0v) is 16.5. The number of aliphatic hydroxyl groups excluding tert-OH is 1. The lowest BCUT2D eigenvalue weighted by molar-refractivity contribution is -0.123. The van der Waals surface area contributed by atoms with Crippen molar-refractivity contribution in [2.45, 2.75) is 69.1 Å². The number of hydrogen-bond donors (Lipinski definition) is 4. The fourth-order valence-corrected chi connectivity index (χ4v) is 5.43. The third-order valence-electron chi connectivity index (χ3n) is 7.05. The van der Waals surface area contributed by atoms with E-state index in [2.05, 4.69) is 20.3 Å². The summed E-state index contributed by atoms with van der Waals surface area (Å²) < 4.78 is 7.40. The standard InChI is InChI=1S/C18H24ClN5O4/c1-16(2)17(26)10(7-25)28-14(18(16,17)27)24-8-20-11-12(21-9-5-3-4-6-9)22-15(19)23-13(11)24/h8-10,14,25-27H,3-7H2,1-2H3,(H,21,22,23)/t10-,14-,17+,18-/m1/s1. The summed E-state index contributed by atoms with van der Waals surface area (Å²) >= 11 is 6.17. The number of imidazole rings is 1. The minimum atomic E-state index is -1.59. The van der Waals surface area contributed by atoms with Crippen LogP contribution in [0.25, 0.3) is 11.2 Å². The van der Waals surface area contributed by atoms with Crippen LogP contribution in [0.5, 0.6) is 0 Å². The molecule has 3 heterocycles. The van der Waals surface area contributed by atoms with Crippen molar-refractivity contribution in [3.8, 4) is 0 Å². The van der Waals surface area contributed by atoms with E-state index in [0.717, 1.165) is 12.8 Å². The summed E-state index contributed by atoms with van der Waals surface area (Å²) in [4.78, 5) is 13.0. The predicted molar refractivity (Wildman–Crippen MR) is 101 cm³/mol. The van der Waals surface area contributed by atoms with E-state index in [9.17, 15) is 15.3 Å². The van der Waals surface area contributed by atoms with Crippen molar-refractivity contribution in [3.63, 3.8) is 0 Å². The Balaban J connectivity index is 1.58. The molecule has 3 aliphatic rings. The smallest absolute Gasteiger partial charge is 0.226 e. The van der Waals surface area contributed by atoms with Crippen molar-refractivity contribution < 1.29 is 20.1 Å². The Kier molecular flexibility index (Phi) is 3.81. The van der Waals surface area contributed by atoms with Gasteiger partial charge in [0.1, 0.15) is 17.3 Å². The average molecular weight is 410 g/mol. The van der Waals surface area contributed by atoms with Crippen LogP contribution < -0.4 is 5.32 Å². The minimum absolute atomic E-state index is 0.0590. The molecular formula is C18H24ClN5O4. The Labute approximate surface area is 166 Å². The first-order chi connectivity index (χ1) is 13.3. The second-order valence-corrected chi connectivity index (χ2v) is 8.95. The van der Waals surface area contributed by atoms with Crippen molar-refractivity contribution in [1.82, 2.24) is 19.5 Å². The van der Waals surface area contributed by atoms with Gasteiger partial charge in [0.25, 0.3) is 0 Å². The van der Waals surface area contributed by atoms with Crippen molar-refractivity contribution in [2.75, 3.05) is 11.9 Å². The number of anilines is 1. The second kappa shape index (κ2) is 5.76. The maximum Gasteiger partial charge on any atom is 0.226 e. The van der Waals surface area contributed by atoms with Gasteiger partial charge in [-0.3, -0.25) is 4.57 Å². The summed E-state index contributed by atoms with van der Waals surface area (Å²) in [5.41, 5.74) is -3.08. The Morgan fingerprint density at radius 3 is 2.61 bits per heavy atom. The number of nitrogens with one attached hydrogen (secondary N) is 1. The van der Waals surface area contributed by atoms with Gasteiger partial charge in [-0.15, -0.1) is 0 Å². The fraction of sp³-hybridized carbons (Fsp3) is 0.722. The Morgan fingerprint density at radius 2 is 1.96 bits per heavy atom. The molecule has 0 amide bonds. The number of ether oxygens (including phenoxy) is 1. The van der Waals surface area contributed by atoms with Gasteiger partial charge in [0.05, 0.1) is 12.9 Å². The number of aliphatic hydroxyl groups is 3. The first kappa shape index (κ1) is 18.5. The third-order valence-corrected chi connectivity index (χ3v) is 7.22. The molecule has 4 N–H and O–H groups in total. The fourth-order valence-electron chi connectivity index (χ4n) is 5.26. The van der Waals surface area contributed by atoms with Gasteiger partial charge in [-0.05, 0) is 24.4 Å². The van der Waals surface area contributed by atoms with E-state index in [4.69, 9.17) is 16.3 Å². The quantitative estimate of drug-likeness (QED) is 0.555. The monoisotopic (exact) mass is 409 g/mol. The lowest BCUT2D eigenvalue weighted by atomic mass is 10.0. The molecule has 2 aliphatic carbocycles. The predicted octanol–water partition coefficient (Wildman–Crippen LogP) is 1.23. The third kappa shape index (κ3) is 2.03. The van der Waals surface area contributed by atoms with E-state index in [1.165, 1.54) is 19.2 Å². The topological polar surface area (TPSA) is 126 Å². The first-order valence-electron chi connectivity index (χ1n) is 9.63. The van der Waals surface area contributed by atoms with Gasteiger partial charge in [-0.2, -0.15) is 9.97 Å². The maximum atomic E-state index is 11.3. The van der Waals surface area contributed by atoms with Crippen LogP contribution in [0.1, 0.15) is 45.8 Å². The van der Waals surface area contributed by atoms with E-state index in [0.29, 0.717) is 23.0 Å². The Bertz CT molecular complexity index is 945. The summed E-state index contributed by atoms with van der Waals surface area (Å²) in [5.74, 6) is 0.551. The van der Waals surface area contributed by atoms with Gasteiger partial charge >= 0.3 is 0 Å². The van der Waals surface area contributed by atoms with E-state index in [1.54, 1.807) is 18.4 Å². The van der Waals surface area contributed by atoms with Gasteiger partial charge in [0.15, 0.2) is 23.2 Å². The number of nitrogens with zero attached hydrogens (tertiary/aromatic N) is 4. The van der Waals surface area contributed by atoms with E-state index in [-0.39, 0.29) is 5.28 Å². The molecule has 0 aromatic carbocycles. The zero-order chi connectivity index (χ0) is 19.9. The molecule has 10 heteroatoms. The first-order valence-corrected chi connectivity index (χ1v) is 10.0. The highest BCUT2D eigenvalue weighted by atomic mass is 35.5. The van der Waals surface area contributed by atoms with E-state index in [1.807, 2.05) is 0 Å². The molecule has 2 saturated carbocycles. The maximum absolute atomic E-state index is 11.3. The van der Waals surface area contributed by atoms with Crippen molar-refractivity contribution in [1.29, 1.82) is 0 Å². The van der Waals surface area contributed by atoms with Crippen LogP contribution in [0.15, 0.2) is 6.33 Å². The molecule has 0 unspecified atom stereocenters. The van der Waals surface area contributed by atoms with Crippen LogP contribution in [0.2, 0.25) is 5.28 Å². The lowest BCUT2D eigenvalue weighted by Gasteiger charge is -2.27. The number of halogens is 1. The van der Waals surface area contributed by atoms with Crippen LogP contribution in [-0.2, 0) is 4.74 Å². The number of aromatic nitrogens is 4. The van der Waals surface area contributed by atoms with Crippen molar-refractivity contribution in [2.24, 2.45) is 5.41 Å². The molecule has 152 valence electrons. The molecule has 4 atom stereocenters. The number of fused-ring (bicyclic) bond motifs is 2. The summed E-state index contributed by atoms with van der Waals surface area (Å²) in [6.45, 7) is 3.09. The SMILES string of the molecule is CC1(C)[C@]2(O)[C@H](n3cnc4c(NC5CCCC5)nc(Cl)nc43)O[C@H](CO)[C@]12O. The van der Waals surface area contributed by atoms with Gasteiger partial charge in [0.2, 0.25) is 5.28 Å². The molecular weight excluding hydrogens is 386 g/mol. The molecule has 0 radical (unpaired) electrons. The minimum Gasteiger partial charge on any atom is -0.394 e. The van der Waals surface area contributed by atoms with Gasteiger partial charge in [-0.25, -0.2) is 4.98 Å². The molecule has 1 aliphatic heterocycles. The molecule has 9 nitrogen and oxygen atoms in total. The summed E-state index contributed by atoms with van der Waals surface area (Å²) in [7, 11) is 0. The highest BCUT2D eigenvalue weighted by molar-refractivity contribution is 6.28. The number of hydrogen-bond acceptors (Lipinski definition) is 8. The van der Waals surface area contributed by atoms with Crippen LogP contribution in [0.4, 0.5) is 5.82 Å². The molecule has 3 fully saturated rings. The van der Waals surface area contributed by atoms with Crippen molar-refractivity contribution in [3.05, 3.63) is 11.6 Å². The Morgan fingerprint density at radius 1 is 1.25 bits per heavy atom. The highest BCUT2D eigenvalue weighted by Gasteiger charge is 2.92.